The summed E-state index contributed by atoms with van der Waals surface area (Å²) in [7, 11) is -4.48. The number of hydrogen-bond acceptors (Lipinski definition) is 4. The zero-order chi connectivity index (χ0) is 37.3. The Labute approximate surface area is 361 Å². The van der Waals surface area contributed by atoms with Gasteiger partial charge in [-0.1, -0.05) is 195 Å². The van der Waals surface area contributed by atoms with Crippen molar-refractivity contribution in [2.45, 2.75) is 253 Å². The molecule has 0 radical (unpaired) electrons. The first kappa shape index (κ1) is 60.0. The summed E-state index contributed by atoms with van der Waals surface area (Å²) in [6.45, 7) is 17.5. The molecule has 0 aromatic rings. The maximum absolute atomic E-state index is 10.1. The minimum atomic E-state index is -4.48. The third-order valence-corrected chi connectivity index (χ3v) is 11.1. The van der Waals surface area contributed by atoms with E-state index in [-0.39, 0.29) is 53.1 Å². The van der Waals surface area contributed by atoms with Crippen LogP contribution in [0.4, 0.5) is 0 Å². The molecule has 0 N–H and O–H groups in total. The minimum absolute atomic E-state index is 0. The molecule has 0 atom stereocenters. The van der Waals surface area contributed by atoms with E-state index in [0.29, 0.717) is 6.42 Å². The van der Waals surface area contributed by atoms with Crippen molar-refractivity contribution in [3.05, 3.63) is 0 Å². The van der Waals surface area contributed by atoms with Gasteiger partial charge in [-0.15, -0.1) is 0 Å². The van der Waals surface area contributed by atoms with Gasteiger partial charge in [0.15, 0.2) is 0 Å². The van der Waals surface area contributed by atoms with Gasteiger partial charge in [0.1, 0.15) is 0 Å². The summed E-state index contributed by atoms with van der Waals surface area (Å²) in [5.41, 5.74) is 0. The zero-order valence-corrected chi connectivity index (χ0v) is 40.8. The molecule has 0 aromatic carbocycles. The Hall–Kier alpha value is 1.31. The van der Waals surface area contributed by atoms with E-state index in [0.717, 1.165) is 12.8 Å². The van der Waals surface area contributed by atoms with Crippen molar-refractivity contribution in [2.75, 3.05) is 32.8 Å². The summed E-state index contributed by atoms with van der Waals surface area (Å²) in [4.78, 5) is 0. The van der Waals surface area contributed by atoms with Gasteiger partial charge in [-0.3, -0.25) is 4.18 Å². The number of rotatable bonds is 40. The van der Waals surface area contributed by atoms with Crippen LogP contribution >= 0.6 is 0 Å². The summed E-state index contributed by atoms with van der Waals surface area (Å²) in [5, 5.41) is 0. The van der Waals surface area contributed by atoms with Gasteiger partial charge in [0.05, 0.1) is 32.8 Å². The van der Waals surface area contributed by atoms with Crippen molar-refractivity contribution < 1.29 is 68.2 Å². The zero-order valence-electron chi connectivity index (χ0n) is 36.4. The van der Waals surface area contributed by atoms with Crippen LogP contribution in [0.3, 0.4) is 0 Å². The summed E-state index contributed by atoms with van der Waals surface area (Å²) < 4.78 is 35.9. The monoisotopic (exact) mass is 834 g/mol. The average molecular weight is 835 g/mol. The molecule has 0 unspecified atom stereocenters. The average Bonchev–Trinajstić information content (AvgIpc) is 3.09. The normalized spacial score (nSPS) is 11.5. The molecule has 0 bridgehead atoms. The molecule has 5 nitrogen and oxygen atoms in total. The molecular formula is C44H93BrNNaO4S. The molecule has 0 saturated carbocycles. The van der Waals surface area contributed by atoms with Crippen LogP contribution in [0, 0.1) is 0 Å². The van der Waals surface area contributed by atoms with Gasteiger partial charge in [0.2, 0.25) is 10.4 Å². The Kier molecular flexibility index (Phi) is 55.9. The Bertz CT molecular complexity index is 674. The topological polar surface area (TPSA) is 66.4 Å². The van der Waals surface area contributed by atoms with Gasteiger partial charge < -0.3 is 26.0 Å². The van der Waals surface area contributed by atoms with Gasteiger partial charge in [-0.2, -0.15) is 0 Å². The van der Waals surface area contributed by atoms with Crippen LogP contribution in [-0.4, -0.2) is 50.2 Å². The summed E-state index contributed by atoms with van der Waals surface area (Å²) in [6, 6.07) is 0. The Morgan fingerprint density at radius 1 is 0.365 bits per heavy atom. The molecule has 0 aromatic heterocycles. The summed E-state index contributed by atoms with van der Waals surface area (Å²) in [5.74, 6) is 0. The molecule has 0 heterocycles. The van der Waals surface area contributed by atoms with Crippen molar-refractivity contribution in [1.29, 1.82) is 0 Å². The first-order valence-electron chi connectivity index (χ1n) is 22.8. The maximum Gasteiger partial charge on any atom is 1.00 e. The van der Waals surface area contributed by atoms with Crippen LogP contribution in [-0.2, 0) is 14.6 Å². The van der Waals surface area contributed by atoms with Gasteiger partial charge >= 0.3 is 29.6 Å². The third kappa shape index (κ3) is 49.3. The van der Waals surface area contributed by atoms with Crippen molar-refractivity contribution >= 4 is 10.4 Å². The smallest absolute Gasteiger partial charge is 1.00 e. The van der Waals surface area contributed by atoms with Crippen LogP contribution in [0.25, 0.3) is 0 Å². The molecule has 312 valence electrons. The Morgan fingerprint density at radius 2 is 0.558 bits per heavy atom. The molecule has 0 saturated heterocycles. The van der Waals surface area contributed by atoms with E-state index in [1.165, 1.54) is 230 Å². The predicted octanol–water partition coefficient (Wildman–Crippen LogP) is 8.64. The molecule has 8 heteroatoms. The van der Waals surface area contributed by atoms with Crippen molar-refractivity contribution in [3.8, 4) is 0 Å². The second-order valence-electron chi connectivity index (χ2n) is 15.7. The Morgan fingerprint density at radius 3 is 0.769 bits per heavy atom. The molecule has 0 aliphatic rings. The van der Waals surface area contributed by atoms with E-state index in [4.69, 9.17) is 0 Å². The third-order valence-electron chi connectivity index (χ3n) is 10.7. The van der Waals surface area contributed by atoms with Gasteiger partial charge in [0.25, 0.3) is 0 Å². The summed E-state index contributed by atoms with van der Waals surface area (Å²) in [6.07, 6.45) is 46.5. The van der Waals surface area contributed by atoms with Crippen LogP contribution in [0.2, 0.25) is 0 Å². The van der Waals surface area contributed by atoms with Crippen LogP contribution in [0.5, 0.6) is 0 Å². The maximum atomic E-state index is 10.1. The van der Waals surface area contributed by atoms with E-state index in [9.17, 15) is 13.0 Å². The van der Waals surface area contributed by atoms with Crippen molar-refractivity contribution in [2.24, 2.45) is 0 Å². The van der Waals surface area contributed by atoms with Crippen molar-refractivity contribution in [1.82, 2.24) is 0 Å². The van der Waals surface area contributed by atoms with Crippen LogP contribution in [0.1, 0.15) is 253 Å². The molecular weight excluding hydrogens is 741 g/mol. The molecule has 0 spiro atoms. The van der Waals surface area contributed by atoms with E-state index >= 15 is 0 Å². The van der Waals surface area contributed by atoms with Crippen LogP contribution in [0.15, 0.2) is 0 Å². The minimum Gasteiger partial charge on any atom is -1.00 e. The van der Waals surface area contributed by atoms with Gasteiger partial charge in [-0.25, -0.2) is 8.42 Å². The number of hydrogen-bond donors (Lipinski definition) is 0. The fourth-order valence-electron chi connectivity index (χ4n) is 7.33. The number of nitrogens with zero attached hydrogens (tertiary/aromatic N) is 1. The molecule has 0 fully saturated rings. The standard InChI is InChI=1S/C32H68N.C12H26O4S.BrH.Na/c1-5-9-13-17-21-25-29-33(30-26-22-18-14-10-6-2,31-27-23-19-15-11-7-3)32-28-24-20-16-12-8-4;1-2-3-4-5-6-7-8-9-10-11-12-16-17(13,14)15;;/h5-32H2,1-4H3;2-12H2,1H3,(H,13,14,15);1H;/q+1;;;+1/p-2. The first-order chi connectivity index (χ1) is 24.3. The molecule has 52 heavy (non-hydrogen) atoms. The predicted molar refractivity (Wildman–Crippen MR) is 221 cm³/mol. The van der Waals surface area contributed by atoms with E-state index in [1.54, 1.807) is 0 Å². The van der Waals surface area contributed by atoms with E-state index in [1.807, 2.05) is 0 Å². The quantitative estimate of drug-likeness (QED) is 0.0204. The van der Waals surface area contributed by atoms with E-state index < -0.39 is 10.4 Å². The van der Waals surface area contributed by atoms with E-state index in [2.05, 4.69) is 38.8 Å². The number of unbranched alkanes of at least 4 members (excludes halogenated alkanes) is 29. The fraction of sp³-hybridized carbons (Fsp3) is 1.00. The second kappa shape index (κ2) is 48.5. The molecule has 0 rings (SSSR count). The van der Waals surface area contributed by atoms with Crippen molar-refractivity contribution in [3.63, 3.8) is 0 Å². The van der Waals surface area contributed by atoms with Gasteiger partial charge in [0, 0.05) is 0 Å². The second-order valence-corrected chi connectivity index (χ2v) is 16.8. The first-order valence-corrected chi connectivity index (χ1v) is 24.1. The largest absolute Gasteiger partial charge is 1.00 e. The molecule has 0 aliphatic heterocycles. The fourth-order valence-corrected chi connectivity index (χ4v) is 7.65. The molecule has 0 aliphatic carbocycles. The SMILES string of the molecule is CCCCCCCCCCCCOS(=O)(=O)[O-].CCCCCCCC[N+](CCCCCCCC)(CCCCCCCC)CCCCCCCC.[Br-].[Na+]. The van der Waals surface area contributed by atoms with Crippen LogP contribution < -0.4 is 46.5 Å². The van der Waals surface area contributed by atoms with Gasteiger partial charge in [-0.05, 0) is 57.8 Å². The number of halogens is 1. The number of quaternary nitrogens is 1. The summed E-state index contributed by atoms with van der Waals surface area (Å²) >= 11 is 0. The molecule has 0 amide bonds. The Balaban J connectivity index is -0.000000514.